The summed E-state index contributed by atoms with van der Waals surface area (Å²) in [6.07, 6.45) is 3.90. The zero-order valence-corrected chi connectivity index (χ0v) is 13.5. The Morgan fingerprint density at radius 3 is 2.77 bits per heavy atom. The van der Waals surface area contributed by atoms with Crippen molar-refractivity contribution in [1.82, 2.24) is 14.8 Å². The molecule has 0 aliphatic carbocycles. The maximum Gasteiger partial charge on any atom is 0.322 e. The Morgan fingerprint density at radius 1 is 1.50 bits per heavy atom. The molecule has 0 radical (unpaired) electrons. The number of nitrogens with zero attached hydrogens (tertiary/aromatic N) is 3. The van der Waals surface area contributed by atoms with Gasteiger partial charge in [0.25, 0.3) is 0 Å². The summed E-state index contributed by atoms with van der Waals surface area (Å²) in [4.78, 5) is 21.0. The third-order valence-corrected chi connectivity index (χ3v) is 4.87. The van der Waals surface area contributed by atoms with Gasteiger partial charge in [-0.25, -0.2) is 9.78 Å². The Labute approximate surface area is 132 Å². The van der Waals surface area contributed by atoms with Crippen molar-refractivity contribution in [1.29, 1.82) is 0 Å². The van der Waals surface area contributed by atoms with Crippen LogP contribution in [0.1, 0.15) is 28.1 Å². The SMILES string of the molecule is CCC(C)N1CC2CC(C1)N2C(=O)Nc1ccc(OC)nc1.[HH]. The van der Waals surface area contributed by atoms with Crippen LogP contribution >= 0.6 is 0 Å². The fourth-order valence-corrected chi connectivity index (χ4v) is 3.36. The first-order valence-electron chi connectivity index (χ1n) is 7.95. The van der Waals surface area contributed by atoms with Crippen LogP contribution in [0.3, 0.4) is 0 Å². The quantitative estimate of drug-likeness (QED) is 0.928. The maximum absolute atomic E-state index is 12.4. The number of piperidine rings is 1. The van der Waals surface area contributed by atoms with Gasteiger partial charge in [-0.2, -0.15) is 0 Å². The summed E-state index contributed by atoms with van der Waals surface area (Å²) in [6.45, 7) is 6.45. The molecule has 1 aromatic heterocycles. The third kappa shape index (κ3) is 2.75. The first-order valence-corrected chi connectivity index (χ1v) is 7.95. The molecular weight excluding hydrogens is 280 g/mol. The number of fused-ring (bicyclic) bond motifs is 2. The van der Waals surface area contributed by atoms with E-state index in [-0.39, 0.29) is 7.46 Å². The minimum Gasteiger partial charge on any atom is -0.481 e. The highest BCUT2D eigenvalue weighted by molar-refractivity contribution is 5.90. The van der Waals surface area contributed by atoms with Crippen LogP contribution in [-0.4, -0.2) is 59.1 Å². The molecule has 1 N–H and O–H groups in total. The number of piperazine rings is 1. The van der Waals surface area contributed by atoms with Crippen molar-refractivity contribution in [3.63, 3.8) is 0 Å². The number of carbonyl (C=O) groups is 1. The number of urea groups is 1. The number of pyridine rings is 1. The second-order valence-electron chi connectivity index (χ2n) is 6.18. The lowest BCUT2D eigenvalue weighted by molar-refractivity contribution is -0.0460. The molecule has 122 valence electrons. The van der Waals surface area contributed by atoms with Gasteiger partial charge in [-0.05, 0) is 25.8 Å². The van der Waals surface area contributed by atoms with E-state index in [2.05, 4.69) is 29.0 Å². The molecule has 3 aliphatic heterocycles. The van der Waals surface area contributed by atoms with E-state index in [1.54, 1.807) is 19.4 Å². The van der Waals surface area contributed by atoms with Crippen LogP contribution in [0.2, 0.25) is 0 Å². The monoisotopic (exact) mass is 306 g/mol. The van der Waals surface area contributed by atoms with Crippen molar-refractivity contribution < 1.29 is 11.0 Å². The van der Waals surface area contributed by atoms with Crippen LogP contribution in [0, 0.1) is 0 Å². The predicted molar refractivity (Wildman–Crippen MR) is 87.3 cm³/mol. The van der Waals surface area contributed by atoms with Gasteiger partial charge in [0.05, 0.1) is 19.0 Å². The molecule has 3 aliphatic rings. The highest BCUT2D eigenvalue weighted by Crippen LogP contribution is 2.34. The summed E-state index contributed by atoms with van der Waals surface area (Å²) in [7, 11) is 1.57. The standard InChI is InChI=1S/C16H24N4O2.H2/c1-4-11(2)19-9-13-7-14(10-19)20(13)16(21)18-12-5-6-15(22-3)17-8-12;/h5-6,8,11,13-14H,4,7,9-10H2,1-3H3,(H,18,21);1H. The Bertz CT molecular complexity index is 527. The van der Waals surface area contributed by atoms with Gasteiger partial charge in [-0.15, -0.1) is 0 Å². The molecule has 6 heteroatoms. The lowest BCUT2D eigenvalue weighted by Crippen LogP contribution is -2.71. The molecule has 0 aromatic carbocycles. The molecule has 3 fully saturated rings. The molecule has 1 aromatic rings. The first-order chi connectivity index (χ1) is 10.6. The second-order valence-corrected chi connectivity index (χ2v) is 6.18. The lowest BCUT2D eigenvalue weighted by atomic mass is 9.87. The molecule has 22 heavy (non-hydrogen) atoms. The molecule has 2 amide bonds. The normalized spacial score (nSPS) is 25.3. The molecule has 3 saturated heterocycles. The van der Waals surface area contributed by atoms with E-state index in [0.717, 1.165) is 25.9 Å². The molecule has 0 saturated carbocycles. The number of hydrogen-bond donors (Lipinski definition) is 1. The van der Waals surface area contributed by atoms with Gasteiger partial charge >= 0.3 is 6.03 Å². The van der Waals surface area contributed by atoms with Gasteiger partial charge in [-0.1, -0.05) is 6.92 Å². The number of methoxy groups -OCH3 is 1. The van der Waals surface area contributed by atoms with Crippen LogP contribution in [0.5, 0.6) is 5.88 Å². The molecule has 0 spiro atoms. The zero-order valence-electron chi connectivity index (χ0n) is 13.5. The average Bonchev–Trinajstić information content (AvgIpc) is 2.54. The minimum atomic E-state index is -0.0166. The number of amides is 2. The number of hydrogen-bond acceptors (Lipinski definition) is 4. The Hall–Kier alpha value is -1.82. The van der Waals surface area contributed by atoms with E-state index in [1.807, 2.05) is 11.0 Å². The van der Waals surface area contributed by atoms with Gasteiger partial charge in [0, 0.05) is 38.7 Å². The van der Waals surface area contributed by atoms with E-state index in [9.17, 15) is 4.79 Å². The van der Waals surface area contributed by atoms with Gasteiger partial charge in [0.2, 0.25) is 5.88 Å². The zero-order chi connectivity index (χ0) is 15.7. The molecule has 6 nitrogen and oxygen atoms in total. The first kappa shape index (κ1) is 15.1. The number of aromatic nitrogens is 1. The topological polar surface area (TPSA) is 57.7 Å². The summed E-state index contributed by atoms with van der Waals surface area (Å²) in [5.74, 6) is 0.544. The van der Waals surface area contributed by atoms with Crippen molar-refractivity contribution in [3.05, 3.63) is 18.3 Å². The van der Waals surface area contributed by atoms with E-state index in [1.165, 1.54) is 0 Å². The van der Waals surface area contributed by atoms with Crippen LogP contribution in [0.15, 0.2) is 18.3 Å². The third-order valence-electron chi connectivity index (χ3n) is 4.87. The molecule has 4 rings (SSSR count). The number of carbonyl (C=O) groups excluding carboxylic acids is 1. The van der Waals surface area contributed by atoms with Crippen LogP contribution in [0.4, 0.5) is 10.5 Å². The van der Waals surface area contributed by atoms with Crippen molar-refractivity contribution in [2.24, 2.45) is 0 Å². The van der Waals surface area contributed by atoms with E-state index in [0.29, 0.717) is 29.7 Å². The predicted octanol–water partition coefficient (Wildman–Crippen LogP) is 2.43. The number of anilines is 1. The number of ether oxygens (including phenoxy) is 1. The van der Waals surface area contributed by atoms with Gasteiger partial charge in [0.15, 0.2) is 0 Å². The van der Waals surface area contributed by atoms with Crippen LogP contribution in [-0.2, 0) is 0 Å². The lowest BCUT2D eigenvalue weighted by Gasteiger charge is -2.57. The number of nitrogens with one attached hydrogen (secondary N) is 1. The largest absolute Gasteiger partial charge is 0.481 e. The van der Waals surface area contributed by atoms with Crippen molar-refractivity contribution >= 4 is 11.7 Å². The van der Waals surface area contributed by atoms with Gasteiger partial charge < -0.3 is 15.0 Å². The minimum absolute atomic E-state index is 0. The van der Waals surface area contributed by atoms with Crippen molar-refractivity contribution in [2.45, 2.75) is 44.8 Å². The number of rotatable bonds is 4. The summed E-state index contributed by atoms with van der Waals surface area (Å²) in [5.41, 5.74) is 0.703. The average molecular weight is 306 g/mol. The molecule has 3 unspecified atom stereocenters. The molecule has 3 atom stereocenters. The smallest absolute Gasteiger partial charge is 0.322 e. The highest BCUT2D eigenvalue weighted by atomic mass is 16.5. The summed E-state index contributed by atoms with van der Waals surface area (Å²) in [5, 5.41) is 2.93. The van der Waals surface area contributed by atoms with Crippen LogP contribution in [0.25, 0.3) is 0 Å². The van der Waals surface area contributed by atoms with Gasteiger partial charge in [-0.3, -0.25) is 4.90 Å². The Balaban J connectivity index is 0.00000192. The highest BCUT2D eigenvalue weighted by Gasteiger charge is 2.47. The molecule has 4 heterocycles. The maximum atomic E-state index is 12.4. The van der Waals surface area contributed by atoms with E-state index >= 15 is 0 Å². The van der Waals surface area contributed by atoms with Crippen LogP contribution < -0.4 is 10.1 Å². The fourth-order valence-electron chi connectivity index (χ4n) is 3.36. The Morgan fingerprint density at radius 2 is 2.23 bits per heavy atom. The van der Waals surface area contributed by atoms with Gasteiger partial charge in [0.1, 0.15) is 0 Å². The molecule has 2 bridgehead atoms. The molecular formula is C16H26N4O2. The Kier molecular flexibility index (Phi) is 4.20. The van der Waals surface area contributed by atoms with E-state index < -0.39 is 0 Å². The summed E-state index contributed by atoms with van der Waals surface area (Å²) in [6, 6.07) is 4.83. The fraction of sp³-hybridized carbons (Fsp3) is 0.625. The van der Waals surface area contributed by atoms with Crippen molar-refractivity contribution in [2.75, 3.05) is 25.5 Å². The van der Waals surface area contributed by atoms with E-state index in [4.69, 9.17) is 4.74 Å². The summed E-state index contributed by atoms with van der Waals surface area (Å²) >= 11 is 0. The van der Waals surface area contributed by atoms with Crippen molar-refractivity contribution in [3.8, 4) is 5.88 Å². The second kappa shape index (κ2) is 6.12. The summed E-state index contributed by atoms with van der Waals surface area (Å²) < 4.78 is 5.02.